The lowest BCUT2D eigenvalue weighted by Crippen LogP contribution is -2.50. The highest BCUT2D eigenvalue weighted by Gasteiger charge is 2.33. The topological polar surface area (TPSA) is 29.3 Å². The van der Waals surface area contributed by atoms with E-state index in [1.54, 1.807) is 0 Å². The summed E-state index contributed by atoms with van der Waals surface area (Å²) in [7, 11) is 0. The van der Waals surface area contributed by atoms with Crippen LogP contribution in [-0.4, -0.2) is 30.1 Å². The van der Waals surface area contributed by atoms with Crippen LogP contribution in [0.5, 0.6) is 0 Å². The van der Waals surface area contributed by atoms with E-state index in [0.717, 1.165) is 11.8 Å². The summed E-state index contributed by atoms with van der Waals surface area (Å²) < 4.78 is 0. The maximum absolute atomic E-state index is 6.26. The molecule has 1 saturated carbocycles. The van der Waals surface area contributed by atoms with E-state index >= 15 is 0 Å². The van der Waals surface area contributed by atoms with Crippen molar-refractivity contribution < 1.29 is 0 Å². The summed E-state index contributed by atoms with van der Waals surface area (Å²) in [5, 5.41) is 0. The van der Waals surface area contributed by atoms with Crippen LogP contribution in [-0.2, 0) is 0 Å². The van der Waals surface area contributed by atoms with Gasteiger partial charge in [-0.3, -0.25) is 0 Å². The van der Waals surface area contributed by atoms with Gasteiger partial charge in [-0.15, -0.1) is 0 Å². The molecule has 1 aliphatic heterocycles. The Bertz CT molecular complexity index is 201. The summed E-state index contributed by atoms with van der Waals surface area (Å²) in [6.45, 7) is 8.57. The van der Waals surface area contributed by atoms with E-state index in [-0.39, 0.29) is 5.54 Å². The summed E-state index contributed by atoms with van der Waals surface area (Å²) in [6.07, 6.45) is 6.48. The number of rotatable bonds is 3. The van der Waals surface area contributed by atoms with Crippen LogP contribution in [0, 0.1) is 11.8 Å². The minimum atomic E-state index is 0.212. The van der Waals surface area contributed by atoms with Gasteiger partial charge in [0.1, 0.15) is 0 Å². The fourth-order valence-electron chi connectivity index (χ4n) is 3.24. The molecule has 2 fully saturated rings. The van der Waals surface area contributed by atoms with Crippen molar-refractivity contribution in [1.82, 2.24) is 4.90 Å². The van der Waals surface area contributed by atoms with Crippen molar-refractivity contribution in [1.29, 1.82) is 0 Å². The Kier molecular flexibility index (Phi) is 3.36. The van der Waals surface area contributed by atoms with Crippen molar-refractivity contribution in [3.63, 3.8) is 0 Å². The van der Waals surface area contributed by atoms with Gasteiger partial charge < -0.3 is 10.6 Å². The molecule has 15 heavy (non-hydrogen) atoms. The third-order valence-electron chi connectivity index (χ3n) is 4.22. The van der Waals surface area contributed by atoms with E-state index in [0.29, 0.717) is 0 Å². The second kappa shape index (κ2) is 4.42. The lowest BCUT2D eigenvalue weighted by molar-refractivity contribution is 0.115. The first-order chi connectivity index (χ1) is 7.07. The third kappa shape index (κ3) is 2.94. The molecule has 0 aromatic rings. The second-order valence-electron chi connectivity index (χ2n) is 6.17. The molecular weight excluding hydrogens is 184 g/mol. The summed E-state index contributed by atoms with van der Waals surface area (Å²) in [5.74, 6) is 1.76. The molecule has 2 aliphatic rings. The van der Waals surface area contributed by atoms with Crippen molar-refractivity contribution in [2.45, 2.75) is 51.5 Å². The molecule has 1 heterocycles. The molecular formula is C13H26N2. The summed E-state index contributed by atoms with van der Waals surface area (Å²) in [6, 6.07) is 0. The predicted molar refractivity (Wildman–Crippen MR) is 64.8 cm³/mol. The van der Waals surface area contributed by atoms with Gasteiger partial charge in [0.2, 0.25) is 0 Å². The Balaban J connectivity index is 1.74. The fraction of sp³-hybridized carbons (Fsp3) is 1.00. The molecule has 2 rings (SSSR count). The highest BCUT2D eigenvalue weighted by Crippen LogP contribution is 2.32. The monoisotopic (exact) mass is 210 g/mol. The lowest BCUT2D eigenvalue weighted by Gasteiger charge is -2.41. The van der Waals surface area contributed by atoms with E-state index < -0.39 is 0 Å². The van der Waals surface area contributed by atoms with Crippen molar-refractivity contribution in [2.24, 2.45) is 17.6 Å². The molecule has 2 heteroatoms. The van der Waals surface area contributed by atoms with Crippen molar-refractivity contribution in [2.75, 3.05) is 19.6 Å². The van der Waals surface area contributed by atoms with Gasteiger partial charge in [-0.05, 0) is 50.5 Å². The maximum atomic E-state index is 6.26. The zero-order valence-corrected chi connectivity index (χ0v) is 10.3. The highest BCUT2D eigenvalue weighted by atomic mass is 15.1. The van der Waals surface area contributed by atoms with Gasteiger partial charge in [-0.25, -0.2) is 0 Å². The molecule has 0 amide bonds. The van der Waals surface area contributed by atoms with Crippen LogP contribution in [0.25, 0.3) is 0 Å². The minimum absolute atomic E-state index is 0.212. The number of piperidine rings is 1. The molecule has 2 unspecified atom stereocenters. The molecule has 1 saturated heterocycles. The van der Waals surface area contributed by atoms with Gasteiger partial charge in [-0.1, -0.05) is 13.8 Å². The van der Waals surface area contributed by atoms with E-state index in [1.165, 1.54) is 51.7 Å². The van der Waals surface area contributed by atoms with Gasteiger partial charge in [0, 0.05) is 18.6 Å². The molecule has 0 bridgehead atoms. The van der Waals surface area contributed by atoms with Gasteiger partial charge in [0.25, 0.3) is 0 Å². The molecule has 0 radical (unpaired) electrons. The van der Waals surface area contributed by atoms with Gasteiger partial charge in [-0.2, -0.15) is 0 Å². The number of likely N-dealkylation sites (tertiary alicyclic amines) is 1. The molecule has 1 aliphatic carbocycles. The Morgan fingerprint density at radius 1 is 1.20 bits per heavy atom. The first-order valence-electron chi connectivity index (χ1n) is 6.59. The Morgan fingerprint density at radius 3 is 2.27 bits per heavy atom. The average Bonchev–Trinajstić information content (AvgIpc) is 2.10. The van der Waals surface area contributed by atoms with Gasteiger partial charge in [0.05, 0.1) is 0 Å². The Labute approximate surface area is 94.2 Å². The summed E-state index contributed by atoms with van der Waals surface area (Å²) in [5.41, 5.74) is 6.47. The number of nitrogens with two attached hydrogens (primary N) is 1. The van der Waals surface area contributed by atoms with E-state index in [2.05, 4.69) is 18.7 Å². The normalized spacial score (nSPS) is 36.2. The zero-order valence-electron chi connectivity index (χ0n) is 10.3. The number of nitrogens with zero attached hydrogens (tertiary/aromatic N) is 1. The van der Waals surface area contributed by atoms with Crippen LogP contribution in [0.1, 0.15) is 46.0 Å². The van der Waals surface area contributed by atoms with Crippen molar-refractivity contribution >= 4 is 0 Å². The van der Waals surface area contributed by atoms with Crippen LogP contribution < -0.4 is 5.73 Å². The highest BCUT2D eigenvalue weighted by molar-refractivity contribution is 4.93. The van der Waals surface area contributed by atoms with Crippen LogP contribution in [0.4, 0.5) is 0 Å². The Morgan fingerprint density at radius 2 is 1.80 bits per heavy atom. The van der Waals surface area contributed by atoms with E-state index in [4.69, 9.17) is 5.73 Å². The summed E-state index contributed by atoms with van der Waals surface area (Å²) >= 11 is 0. The SMILES string of the molecule is CC1CC(C)CN(CCC2(N)CCC2)C1. The van der Waals surface area contributed by atoms with Gasteiger partial charge in [0.15, 0.2) is 0 Å². The molecule has 0 spiro atoms. The van der Waals surface area contributed by atoms with E-state index in [9.17, 15) is 0 Å². The Hall–Kier alpha value is -0.0800. The lowest BCUT2D eigenvalue weighted by atomic mass is 9.75. The van der Waals surface area contributed by atoms with Crippen molar-refractivity contribution in [3.05, 3.63) is 0 Å². The standard InChI is InChI=1S/C13H26N2/c1-11-8-12(2)10-15(9-11)7-6-13(14)4-3-5-13/h11-12H,3-10,14H2,1-2H3. The smallest absolute Gasteiger partial charge is 0.0166 e. The zero-order chi connectivity index (χ0) is 10.9. The first-order valence-corrected chi connectivity index (χ1v) is 6.59. The quantitative estimate of drug-likeness (QED) is 0.774. The van der Waals surface area contributed by atoms with E-state index in [1.807, 2.05) is 0 Å². The molecule has 0 aromatic heterocycles. The average molecular weight is 210 g/mol. The molecule has 2 N–H and O–H groups in total. The van der Waals surface area contributed by atoms with Crippen LogP contribution in [0.2, 0.25) is 0 Å². The van der Waals surface area contributed by atoms with Crippen LogP contribution in [0.15, 0.2) is 0 Å². The largest absolute Gasteiger partial charge is 0.325 e. The van der Waals surface area contributed by atoms with Crippen molar-refractivity contribution in [3.8, 4) is 0 Å². The molecule has 0 aromatic carbocycles. The predicted octanol–water partition coefficient (Wildman–Crippen LogP) is 2.24. The second-order valence-corrected chi connectivity index (χ2v) is 6.17. The van der Waals surface area contributed by atoms with Gasteiger partial charge >= 0.3 is 0 Å². The molecule has 88 valence electrons. The first kappa shape index (κ1) is 11.4. The third-order valence-corrected chi connectivity index (χ3v) is 4.22. The summed E-state index contributed by atoms with van der Waals surface area (Å²) in [4.78, 5) is 2.63. The molecule has 2 atom stereocenters. The maximum Gasteiger partial charge on any atom is 0.0166 e. The number of hydrogen-bond acceptors (Lipinski definition) is 2. The molecule has 2 nitrogen and oxygen atoms in total. The minimum Gasteiger partial charge on any atom is -0.325 e. The number of hydrogen-bond donors (Lipinski definition) is 1. The van der Waals surface area contributed by atoms with Crippen LogP contribution >= 0.6 is 0 Å². The van der Waals surface area contributed by atoms with Crippen LogP contribution in [0.3, 0.4) is 0 Å². The fourth-order valence-corrected chi connectivity index (χ4v) is 3.24.